The van der Waals surface area contributed by atoms with Crippen LogP contribution in [0.5, 0.6) is 0 Å². The first-order valence-electron chi connectivity index (χ1n) is 8.90. The molecule has 28 heavy (non-hydrogen) atoms. The van der Waals surface area contributed by atoms with Crippen molar-refractivity contribution in [2.24, 2.45) is 0 Å². The third-order valence-electron chi connectivity index (χ3n) is 4.07. The van der Waals surface area contributed by atoms with Crippen LogP contribution in [0.1, 0.15) is 31.0 Å². The Labute approximate surface area is 171 Å². The summed E-state index contributed by atoms with van der Waals surface area (Å²) < 4.78 is 13.9. The van der Waals surface area contributed by atoms with Crippen molar-refractivity contribution in [3.8, 4) is 0 Å². The standard InChI is InChI=1S/C20H21FN4OS2/c1-3-14-7-9-15(10-8-14)13(2)22-18(26)12-27-20-25-24-19(28-20)23-17-6-4-5-16(21)11-17/h4-11,13H,3,12H2,1-2H3,(H,22,26)(H,23,24)/t13-/m0/s1. The van der Waals surface area contributed by atoms with Gasteiger partial charge in [-0.25, -0.2) is 4.39 Å². The second-order valence-corrected chi connectivity index (χ2v) is 8.38. The molecule has 0 saturated heterocycles. The lowest BCUT2D eigenvalue weighted by atomic mass is 10.1. The van der Waals surface area contributed by atoms with Gasteiger partial charge >= 0.3 is 0 Å². The lowest BCUT2D eigenvalue weighted by Gasteiger charge is -2.14. The summed E-state index contributed by atoms with van der Waals surface area (Å²) in [6.07, 6.45) is 0.996. The van der Waals surface area contributed by atoms with Gasteiger partial charge < -0.3 is 10.6 Å². The molecule has 0 fully saturated rings. The Bertz CT molecular complexity index is 930. The topological polar surface area (TPSA) is 66.9 Å². The van der Waals surface area contributed by atoms with Crippen LogP contribution in [0, 0.1) is 5.82 Å². The molecule has 146 valence electrons. The number of thioether (sulfide) groups is 1. The molecule has 2 aromatic carbocycles. The molecule has 8 heteroatoms. The molecule has 0 spiro atoms. The van der Waals surface area contributed by atoms with Crippen molar-refractivity contribution in [1.29, 1.82) is 0 Å². The van der Waals surface area contributed by atoms with Crippen LogP contribution in [-0.2, 0) is 11.2 Å². The number of aromatic nitrogens is 2. The molecule has 2 N–H and O–H groups in total. The van der Waals surface area contributed by atoms with E-state index in [9.17, 15) is 9.18 Å². The summed E-state index contributed by atoms with van der Waals surface area (Å²) in [6.45, 7) is 4.08. The highest BCUT2D eigenvalue weighted by atomic mass is 32.2. The smallest absolute Gasteiger partial charge is 0.230 e. The minimum Gasteiger partial charge on any atom is -0.349 e. The van der Waals surface area contributed by atoms with E-state index < -0.39 is 0 Å². The maximum atomic E-state index is 13.2. The number of anilines is 2. The average Bonchev–Trinajstić information content (AvgIpc) is 3.14. The molecule has 1 heterocycles. The number of rotatable bonds is 8. The van der Waals surface area contributed by atoms with E-state index in [1.54, 1.807) is 12.1 Å². The molecule has 3 rings (SSSR count). The van der Waals surface area contributed by atoms with E-state index >= 15 is 0 Å². The van der Waals surface area contributed by atoms with Gasteiger partial charge in [0.25, 0.3) is 0 Å². The monoisotopic (exact) mass is 416 g/mol. The first kappa shape index (κ1) is 20.3. The summed E-state index contributed by atoms with van der Waals surface area (Å²) >= 11 is 2.65. The van der Waals surface area contributed by atoms with Crippen LogP contribution in [0.2, 0.25) is 0 Å². The van der Waals surface area contributed by atoms with Gasteiger partial charge in [0, 0.05) is 5.69 Å². The van der Waals surface area contributed by atoms with Crippen molar-refractivity contribution in [2.45, 2.75) is 30.6 Å². The van der Waals surface area contributed by atoms with E-state index in [0.717, 1.165) is 12.0 Å². The van der Waals surface area contributed by atoms with Crippen molar-refractivity contribution >= 4 is 39.8 Å². The third-order valence-corrected chi connectivity index (χ3v) is 6.05. The number of halogens is 1. The molecule has 0 bridgehead atoms. The Morgan fingerprint density at radius 1 is 1.21 bits per heavy atom. The number of aryl methyl sites for hydroxylation is 1. The number of benzene rings is 2. The molecule has 1 amide bonds. The fourth-order valence-electron chi connectivity index (χ4n) is 2.54. The van der Waals surface area contributed by atoms with Crippen molar-refractivity contribution in [2.75, 3.05) is 11.1 Å². The largest absolute Gasteiger partial charge is 0.349 e. The Morgan fingerprint density at radius 3 is 2.71 bits per heavy atom. The van der Waals surface area contributed by atoms with Crippen LogP contribution in [0.3, 0.4) is 0 Å². The molecular formula is C20H21FN4OS2. The highest BCUT2D eigenvalue weighted by Gasteiger charge is 2.12. The van der Waals surface area contributed by atoms with Gasteiger partial charge in [-0.2, -0.15) is 0 Å². The van der Waals surface area contributed by atoms with Gasteiger partial charge in [0.1, 0.15) is 5.82 Å². The summed E-state index contributed by atoms with van der Waals surface area (Å²) in [6, 6.07) is 14.3. The summed E-state index contributed by atoms with van der Waals surface area (Å²) in [5.41, 5.74) is 2.96. The van der Waals surface area contributed by atoms with E-state index in [-0.39, 0.29) is 23.5 Å². The third kappa shape index (κ3) is 5.77. The van der Waals surface area contributed by atoms with Gasteiger partial charge in [0.15, 0.2) is 4.34 Å². The summed E-state index contributed by atoms with van der Waals surface area (Å²) in [4.78, 5) is 12.2. The molecule has 1 atom stereocenters. The first-order valence-corrected chi connectivity index (χ1v) is 10.7. The molecule has 3 aromatic rings. The zero-order valence-electron chi connectivity index (χ0n) is 15.6. The SMILES string of the molecule is CCc1ccc([C@H](C)NC(=O)CSc2nnc(Nc3cccc(F)c3)s2)cc1. The normalized spacial score (nSPS) is 11.8. The highest BCUT2D eigenvalue weighted by molar-refractivity contribution is 8.01. The Hall–Kier alpha value is -2.45. The van der Waals surface area contributed by atoms with E-state index in [1.807, 2.05) is 19.1 Å². The Kier molecular flexibility index (Phi) is 7.00. The van der Waals surface area contributed by atoms with Gasteiger partial charge in [-0.1, -0.05) is 60.4 Å². The van der Waals surface area contributed by atoms with E-state index in [4.69, 9.17) is 0 Å². The van der Waals surface area contributed by atoms with Crippen LogP contribution in [0.15, 0.2) is 52.9 Å². The lowest BCUT2D eigenvalue weighted by Crippen LogP contribution is -2.28. The molecule has 0 aliphatic heterocycles. The van der Waals surface area contributed by atoms with E-state index in [1.165, 1.54) is 40.8 Å². The molecular weight excluding hydrogens is 395 g/mol. The summed E-state index contributed by atoms with van der Waals surface area (Å²) in [5, 5.41) is 14.6. The second kappa shape index (κ2) is 9.66. The maximum Gasteiger partial charge on any atom is 0.230 e. The number of carbonyl (C=O) groups excluding carboxylic acids is 1. The molecule has 0 aliphatic carbocycles. The molecule has 0 radical (unpaired) electrons. The van der Waals surface area contributed by atoms with Crippen LogP contribution in [0.25, 0.3) is 0 Å². The molecule has 0 saturated carbocycles. The number of amides is 1. The number of nitrogens with zero attached hydrogens (tertiary/aromatic N) is 2. The average molecular weight is 417 g/mol. The number of hydrogen-bond donors (Lipinski definition) is 2. The zero-order valence-corrected chi connectivity index (χ0v) is 17.2. The van der Waals surface area contributed by atoms with Crippen LogP contribution in [0.4, 0.5) is 15.2 Å². The number of nitrogens with one attached hydrogen (secondary N) is 2. The van der Waals surface area contributed by atoms with E-state index in [2.05, 4.69) is 39.9 Å². The van der Waals surface area contributed by atoms with Crippen molar-refractivity contribution in [1.82, 2.24) is 15.5 Å². The summed E-state index contributed by atoms with van der Waals surface area (Å²) in [7, 11) is 0. The predicted molar refractivity (Wildman–Crippen MR) is 113 cm³/mol. The zero-order chi connectivity index (χ0) is 19.9. The fraction of sp³-hybridized carbons (Fsp3) is 0.250. The lowest BCUT2D eigenvalue weighted by molar-refractivity contribution is -0.119. The van der Waals surface area contributed by atoms with E-state index in [0.29, 0.717) is 15.2 Å². The van der Waals surface area contributed by atoms with Crippen molar-refractivity contribution < 1.29 is 9.18 Å². The summed E-state index contributed by atoms with van der Waals surface area (Å²) in [5.74, 6) is -0.127. The Balaban J connectivity index is 1.48. The molecule has 5 nitrogen and oxygen atoms in total. The molecule has 1 aromatic heterocycles. The van der Waals surface area contributed by atoms with Gasteiger partial charge in [0.2, 0.25) is 11.0 Å². The minimum absolute atomic E-state index is 0.0568. The fourth-order valence-corrected chi connectivity index (χ4v) is 4.13. The van der Waals surface area contributed by atoms with Crippen molar-refractivity contribution in [3.05, 3.63) is 65.5 Å². The van der Waals surface area contributed by atoms with Crippen LogP contribution < -0.4 is 10.6 Å². The van der Waals surface area contributed by atoms with Gasteiger partial charge in [-0.3, -0.25) is 4.79 Å². The minimum atomic E-state index is -0.320. The van der Waals surface area contributed by atoms with Crippen molar-refractivity contribution in [3.63, 3.8) is 0 Å². The Morgan fingerprint density at radius 2 is 2.00 bits per heavy atom. The van der Waals surface area contributed by atoms with Crippen LogP contribution >= 0.6 is 23.1 Å². The number of carbonyl (C=O) groups is 1. The van der Waals surface area contributed by atoms with Gasteiger partial charge in [0.05, 0.1) is 11.8 Å². The van der Waals surface area contributed by atoms with Crippen LogP contribution in [-0.4, -0.2) is 21.9 Å². The quantitative estimate of drug-likeness (QED) is 0.509. The second-order valence-electron chi connectivity index (χ2n) is 6.18. The van der Waals surface area contributed by atoms with Gasteiger partial charge in [-0.05, 0) is 42.7 Å². The van der Waals surface area contributed by atoms with Gasteiger partial charge in [-0.15, -0.1) is 10.2 Å². The predicted octanol–water partition coefficient (Wildman–Crippen LogP) is 4.95. The number of hydrogen-bond acceptors (Lipinski definition) is 6. The highest BCUT2D eigenvalue weighted by Crippen LogP contribution is 2.27. The molecule has 0 aliphatic rings. The maximum absolute atomic E-state index is 13.2. The first-order chi connectivity index (χ1) is 13.5. The molecule has 0 unspecified atom stereocenters.